The molecule has 1 aliphatic carbocycles. The van der Waals surface area contributed by atoms with Gasteiger partial charge in [-0.2, -0.15) is 0 Å². The number of hydrogen-bond acceptors (Lipinski definition) is 4. The Hall–Kier alpha value is -1.27. The second kappa shape index (κ2) is 5.26. The van der Waals surface area contributed by atoms with Crippen LogP contribution in [0, 0.1) is 5.92 Å². The summed E-state index contributed by atoms with van der Waals surface area (Å²) < 4.78 is 25.7. The molecule has 0 aromatic carbocycles. The molecule has 110 valence electrons. The molecule has 20 heavy (non-hydrogen) atoms. The van der Waals surface area contributed by atoms with Crippen LogP contribution in [0.2, 0.25) is 0 Å². The van der Waals surface area contributed by atoms with Gasteiger partial charge in [-0.3, -0.25) is 0 Å². The predicted molar refractivity (Wildman–Crippen MR) is 73.9 cm³/mol. The molecule has 1 aliphatic heterocycles. The highest BCUT2D eigenvalue weighted by atomic mass is 19.3. The van der Waals surface area contributed by atoms with Gasteiger partial charge in [-0.05, 0) is 30.9 Å². The maximum absolute atomic E-state index is 12.9. The average Bonchev–Trinajstić information content (AvgIpc) is 2.80. The first-order chi connectivity index (χ1) is 9.54. The number of fused-ring (bicyclic) bond motifs is 1. The second-order valence-corrected chi connectivity index (χ2v) is 5.85. The molecule has 3 atom stereocenters. The minimum Gasteiger partial charge on any atom is -0.354 e. The molecule has 0 radical (unpaired) electrons. The van der Waals surface area contributed by atoms with Crippen molar-refractivity contribution in [2.45, 2.75) is 37.8 Å². The molecule has 2 aliphatic rings. The van der Waals surface area contributed by atoms with E-state index >= 15 is 0 Å². The van der Waals surface area contributed by atoms with Crippen LogP contribution >= 0.6 is 0 Å². The molecule has 1 aromatic rings. The van der Waals surface area contributed by atoms with Crippen molar-refractivity contribution < 1.29 is 8.78 Å². The van der Waals surface area contributed by atoms with Gasteiger partial charge >= 0.3 is 0 Å². The summed E-state index contributed by atoms with van der Waals surface area (Å²) in [5.41, 5.74) is 14.0. The lowest BCUT2D eigenvalue weighted by molar-refractivity contribution is 0.0804. The summed E-state index contributed by atoms with van der Waals surface area (Å²) in [4.78, 5) is 6.50. The van der Waals surface area contributed by atoms with Gasteiger partial charge in [0.15, 0.2) is 0 Å². The second-order valence-electron chi connectivity index (χ2n) is 5.85. The molecule has 2 heterocycles. The number of alkyl halides is 2. The molecular formula is C14H20F2N4. The molecule has 1 aromatic heterocycles. The fourth-order valence-electron chi connectivity index (χ4n) is 3.11. The molecule has 1 fully saturated rings. The van der Waals surface area contributed by atoms with Crippen molar-refractivity contribution in [2.75, 3.05) is 18.0 Å². The minimum atomic E-state index is -2.37. The van der Waals surface area contributed by atoms with Gasteiger partial charge in [0.2, 0.25) is 6.43 Å². The van der Waals surface area contributed by atoms with Crippen molar-refractivity contribution >= 4 is 5.82 Å². The molecule has 4 nitrogen and oxygen atoms in total. The number of nitrogens with zero attached hydrogens (tertiary/aromatic N) is 2. The van der Waals surface area contributed by atoms with Crippen molar-refractivity contribution in [3.05, 3.63) is 23.4 Å². The highest BCUT2D eigenvalue weighted by Gasteiger charge is 2.37. The number of rotatable bonds is 2. The van der Waals surface area contributed by atoms with Crippen LogP contribution in [-0.2, 0) is 12.8 Å². The molecule has 1 saturated heterocycles. The van der Waals surface area contributed by atoms with Crippen LogP contribution in [0.1, 0.15) is 17.7 Å². The molecule has 3 rings (SSSR count). The Morgan fingerprint density at radius 2 is 2.05 bits per heavy atom. The minimum absolute atomic E-state index is 0.207. The highest BCUT2D eigenvalue weighted by Crippen LogP contribution is 2.28. The number of nitrogens with two attached hydrogens (primary N) is 2. The monoisotopic (exact) mass is 282 g/mol. The van der Waals surface area contributed by atoms with E-state index in [9.17, 15) is 8.78 Å². The van der Waals surface area contributed by atoms with E-state index in [1.165, 1.54) is 5.56 Å². The van der Waals surface area contributed by atoms with Gasteiger partial charge in [0, 0.05) is 30.9 Å². The molecule has 0 unspecified atom stereocenters. The van der Waals surface area contributed by atoms with Crippen molar-refractivity contribution in [1.29, 1.82) is 0 Å². The van der Waals surface area contributed by atoms with E-state index in [1.807, 2.05) is 17.0 Å². The lowest BCUT2D eigenvalue weighted by Gasteiger charge is -2.24. The van der Waals surface area contributed by atoms with Crippen LogP contribution < -0.4 is 16.4 Å². The van der Waals surface area contributed by atoms with Crippen molar-refractivity contribution in [3.8, 4) is 0 Å². The lowest BCUT2D eigenvalue weighted by Crippen LogP contribution is -2.33. The van der Waals surface area contributed by atoms with Crippen molar-refractivity contribution in [3.63, 3.8) is 0 Å². The quantitative estimate of drug-likeness (QED) is 0.846. The summed E-state index contributed by atoms with van der Waals surface area (Å²) in [5.74, 6) is -0.000856. The summed E-state index contributed by atoms with van der Waals surface area (Å²) in [7, 11) is 0. The van der Waals surface area contributed by atoms with Gasteiger partial charge in [-0.1, -0.05) is 6.07 Å². The first kappa shape index (κ1) is 13.7. The third-order valence-electron chi connectivity index (χ3n) is 4.35. The normalized spacial score (nSPS) is 29.9. The Balaban J connectivity index is 1.79. The summed E-state index contributed by atoms with van der Waals surface area (Å²) in [5, 5.41) is 0. The van der Waals surface area contributed by atoms with Crippen LogP contribution in [0.3, 0.4) is 0 Å². The Kier molecular flexibility index (Phi) is 3.60. The third-order valence-corrected chi connectivity index (χ3v) is 4.35. The smallest absolute Gasteiger partial charge is 0.244 e. The number of hydrogen-bond donors (Lipinski definition) is 2. The Labute approximate surface area is 117 Å². The van der Waals surface area contributed by atoms with Crippen molar-refractivity contribution in [2.24, 2.45) is 17.4 Å². The first-order valence-corrected chi connectivity index (χ1v) is 7.07. The van der Waals surface area contributed by atoms with E-state index in [2.05, 4.69) is 4.98 Å². The van der Waals surface area contributed by atoms with E-state index in [0.717, 1.165) is 30.8 Å². The van der Waals surface area contributed by atoms with E-state index in [-0.39, 0.29) is 12.6 Å². The summed E-state index contributed by atoms with van der Waals surface area (Å²) >= 11 is 0. The van der Waals surface area contributed by atoms with Crippen molar-refractivity contribution in [1.82, 2.24) is 4.98 Å². The van der Waals surface area contributed by atoms with Crippen LogP contribution in [0.15, 0.2) is 12.1 Å². The van der Waals surface area contributed by atoms with E-state index in [1.54, 1.807) is 0 Å². The maximum atomic E-state index is 12.9. The fourth-order valence-corrected chi connectivity index (χ4v) is 3.11. The summed E-state index contributed by atoms with van der Waals surface area (Å²) in [6, 6.07) is 3.65. The van der Waals surface area contributed by atoms with E-state index in [0.29, 0.717) is 6.54 Å². The van der Waals surface area contributed by atoms with Gasteiger partial charge in [0.05, 0.1) is 5.92 Å². The van der Waals surface area contributed by atoms with Crippen LogP contribution in [0.5, 0.6) is 0 Å². The zero-order chi connectivity index (χ0) is 14.3. The Morgan fingerprint density at radius 1 is 1.25 bits per heavy atom. The summed E-state index contributed by atoms with van der Waals surface area (Å²) in [6.45, 7) is 0.727. The molecule has 0 amide bonds. The van der Waals surface area contributed by atoms with Gasteiger partial charge in [-0.25, -0.2) is 13.8 Å². The standard InChI is InChI=1S/C14H20F2N4/c15-14(16)10-6-20(7-11(10)18)13-4-1-8-5-9(17)2-3-12(8)19-13/h1,4,9-11,14H,2-3,5-7,17-18H2/t9-,10+,11+/m0/s1. The number of aromatic nitrogens is 1. The first-order valence-electron chi connectivity index (χ1n) is 7.07. The van der Waals surface area contributed by atoms with Crippen LogP contribution in [-0.4, -0.2) is 36.6 Å². The summed E-state index contributed by atoms with van der Waals surface area (Å²) in [6.07, 6.45) is 0.276. The van der Waals surface area contributed by atoms with E-state index < -0.39 is 18.4 Å². The Bertz CT molecular complexity index is 494. The predicted octanol–water partition coefficient (Wildman–Crippen LogP) is 0.926. The topological polar surface area (TPSA) is 68.2 Å². The molecule has 4 N–H and O–H groups in total. The fraction of sp³-hybridized carbons (Fsp3) is 0.643. The Morgan fingerprint density at radius 3 is 2.75 bits per heavy atom. The molecule has 0 saturated carbocycles. The molecule has 0 bridgehead atoms. The lowest BCUT2D eigenvalue weighted by atomic mass is 9.92. The molecule has 6 heteroatoms. The zero-order valence-electron chi connectivity index (χ0n) is 11.3. The van der Waals surface area contributed by atoms with Crippen LogP contribution in [0.25, 0.3) is 0 Å². The van der Waals surface area contributed by atoms with Gasteiger partial charge in [0.25, 0.3) is 0 Å². The SMILES string of the molecule is N[C@H]1CCc2nc(N3C[C@@H](N)[C@H](C(F)F)C3)ccc2C1. The molecular weight excluding hydrogens is 262 g/mol. The maximum Gasteiger partial charge on any atom is 0.244 e. The number of aryl methyl sites for hydroxylation is 1. The largest absolute Gasteiger partial charge is 0.354 e. The third kappa shape index (κ3) is 2.50. The van der Waals surface area contributed by atoms with Crippen LogP contribution in [0.4, 0.5) is 14.6 Å². The highest BCUT2D eigenvalue weighted by molar-refractivity contribution is 5.44. The zero-order valence-corrected chi connectivity index (χ0v) is 11.3. The van der Waals surface area contributed by atoms with Gasteiger partial charge in [0.1, 0.15) is 5.82 Å². The molecule has 0 spiro atoms. The number of halogens is 2. The average molecular weight is 282 g/mol. The van der Waals surface area contributed by atoms with Gasteiger partial charge < -0.3 is 16.4 Å². The van der Waals surface area contributed by atoms with Gasteiger partial charge in [-0.15, -0.1) is 0 Å². The van der Waals surface area contributed by atoms with E-state index in [4.69, 9.17) is 11.5 Å². The number of pyridine rings is 1. The number of anilines is 1.